The van der Waals surface area contributed by atoms with E-state index in [2.05, 4.69) is 5.32 Å². The summed E-state index contributed by atoms with van der Waals surface area (Å²) in [6, 6.07) is 12.7. The molecule has 4 nitrogen and oxygen atoms in total. The predicted octanol–water partition coefficient (Wildman–Crippen LogP) is 3.68. The normalized spacial score (nSPS) is 13.3. The lowest BCUT2D eigenvalue weighted by molar-refractivity contribution is -0.115. The van der Waals surface area contributed by atoms with Gasteiger partial charge in [-0.05, 0) is 29.8 Å². The first kappa shape index (κ1) is 14.7. The zero-order valence-electron chi connectivity index (χ0n) is 12.0. The fourth-order valence-corrected chi connectivity index (χ4v) is 2.44. The van der Waals surface area contributed by atoms with Gasteiger partial charge in [0.25, 0.3) is 0 Å². The molecule has 1 aliphatic heterocycles. The Morgan fingerprint density at radius 1 is 1.09 bits per heavy atom. The minimum absolute atomic E-state index is 0.123. The van der Waals surface area contributed by atoms with Crippen LogP contribution in [0.25, 0.3) is 0 Å². The van der Waals surface area contributed by atoms with Gasteiger partial charge in [0.2, 0.25) is 5.91 Å². The molecule has 0 saturated heterocycles. The number of nitrogens with one attached hydrogen (secondary N) is 1. The van der Waals surface area contributed by atoms with Crippen LogP contribution in [0.1, 0.15) is 12.0 Å². The third kappa shape index (κ3) is 3.52. The van der Waals surface area contributed by atoms with Crippen LogP contribution in [-0.4, -0.2) is 19.1 Å². The number of benzene rings is 2. The molecular formula is C17H16ClNO3. The van der Waals surface area contributed by atoms with Crippen molar-refractivity contribution in [2.24, 2.45) is 0 Å². The van der Waals surface area contributed by atoms with Crippen molar-refractivity contribution in [2.45, 2.75) is 12.8 Å². The van der Waals surface area contributed by atoms with E-state index in [0.717, 1.165) is 17.7 Å². The molecule has 1 aliphatic rings. The van der Waals surface area contributed by atoms with E-state index in [1.165, 1.54) is 0 Å². The molecule has 0 fully saturated rings. The number of fused-ring (bicyclic) bond motifs is 1. The molecule has 3 rings (SSSR count). The molecule has 0 aromatic heterocycles. The number of carbonyl (C=O) groups is 1. The number of carbonyl (C=O) groups excluding carboxylic acids is 1. The Labute approximate surface area is 134 Å². The number of anilines is 1. The van der Waals surface area contributed by atoms with Crippen LogP contribution in [0.2, 0.25) is 5.02 Å². The van der Waals surface area contributed by atoms with Gasteiger partial charge in [-0.25, -0.2) is 0 Å². The van der Waals surface area contributed by atoms with Crippen molar-refractivity contribution < 1.29 is 14.3 Å². The predicted molar refractivity (Wildman–Crippen MR) is 85.8 cm³/mol. The number of hydrogen-bond donors (Lipinski definition) is 1. The lowest BCUT2D eigenvalue weighted by atomic mass is 10.1. The third-order valence-electron chi connectivity index (χ3n) is 3.32. The van der Waals surface area contributed by atoms with Crippen LogP contribution in [0.4, 0.5) is 5.69 Å². The lowest BCUT2D eigenvalue weighted by Crippen LogP contribution is -2.14. The Morgan fingerprint density at radius 3 is 2.68 bits per heavy atom. The van der Waals surface area contributed by atoms with E-state index >= 15 is 0 Å². The van der Waals surface area contributed by atoms with Crippen molar-refractivity contribution in [1.29, 1.82) is 0 Å². The molecule has 0 spiro atoms. The van der Waals surface area contributed by atoms with E-state index in [9.17, 15) is 4.79 Å². The number of para-hydroxylation sites is 1. The van der Waals surface area contributed by atoms with E-state index in [1.54, 1.807) is 12.1 Å². The van der Waals surface area contributed by atoms with Gasteiger partial charge in [0.05, 0.1) is 30.3 Å². The van der Waals surface area contributed by atoms with Gasteiger partial charge in [0.1, 0.15) is 0 Å². The molecule has 114 valence electrons. The van der Waals surface area contributed by atoms with Crippen LogP contribution in [0.3, 0.4) is 0 Å². The lowest BCUT2D eigenvalue weighted by Gasteiger charge is -2.10. The zero-order valence-corrected chi connectivity index (χ0v) is 12.7. The molecule has 2 aromatic carbocycles. The maximum Gasteiger partial charge on any atom is 0.228 e. The average molecular weight is 318 g/mol. The van der Waals surface area contributed by atoms with Gasteiger partial charge in [-0.2, -0.15) is 0 Å². The van der Waals surface area contributed by atoms with Gasteiger partial charge >= 0.3 is 0 Å². The summed E-state index contributed by atoms with van der Waals surface area (Å²) in [7, 11) is 0. The van der Waals surface area contributed by atoms with E-state index in [0.29, 0.717) is 29.7 Å². The molecule has 1 heterocycles. The first-order valence-corrected chi connectivity index (χ1v) is 7.53. The Morgan fingerprint density at radius 2 is 1.86 bits per heavy atom. The second-order valence-corrected chi connectivity index (χ2v) is 5.44. The molecule has 1 amide bonds. The van der Waals surface area contributed by atoms with E-state index in [4.69, 9.17) is 21.1 Å². The summed E-state index contributed by atoms with van der Waals surface area (Å²) in [6.07, 6.45) is 1.11. The largest absolute Gasteiger partial charge is 0.490 e. The van der Waals surface area contributed by atoms with Crippen molar-refractivity contribution in [3.63, 3.8) is 0 Å². The van der Waals surface area contributed by atoms with Crippen LogP contribution in [-0.2, 0) is 11.2 Å². The van der Waals surface area contributed by atoms with E-state index in [1.807, 2.05) is 30.3 Å². The molecule has 0 radical (unpaired) electrons. The molecule has 0 atom stereocenters. The summed E-state index contributed by atoms with van der Waals surface area (Å²) in [5, 5.41) is 3.33. The van der Waals surface area contributed by atoms with Crippen molar-refractivity contribution in [2.75, 3.05) is 18.5 Å². The highest BCUT2D eigenvalue weighted by Gasteiger charge is 2.13. The number of hydrogen-bond acceptors (Lipinski definition) is 3. The monoisotopic (exact) mass is 317 g/mol. The molecule has 0 bridgehead atoms. The van der Waals surface area contributed by atoms with E-state index < -0.39 is 0 Å². The van der Waals surface area contributed by atoms with Crippen molar-refractivity contribution in [3.8, 4) is 11.5 Å². The molecule has 2 aromatic rings. The fourth-order valence-electron chi connectivity index (χ4n) is 2.26. The van der Waals surface area contributed by atoms with E-state index in [-0.39, 0.29) is 12.3 Å². The maximum absolute atomic E-state index is 12.1. The molecule has 1 N–H and O–H groups in total. The standard InChI is InChI=1S/C17H16ClNO3/c18-13-4-1-2-5-14(13)19-17(20)11-12-6-7-15-16(10-12)22-9-3-8-21-15/h1-2,4-7,10H,3,8-9,11H2,(H,19,20). The van der Waals surface area contributed by atoms with Gasteiger partial charge < -0.3 is 14.8 Å². The average Bonchev–Trinajstić information content (AvgIpc) is 2.74. The van der Waals surface area contributed by atoms with Gasteiger partial charge in [-0.15, -0.1) is 0 Å². The highest BCUT2D eigenvalue weighted by atomic mass is 35.5. The van der Waals surface area contributed by atoms with Crippen LogP contribution >= 0.6 is 11.6 Å². The smallest absolute Gasteiger partial charge is 0.228 e. The second-order valence-electron chi connectivity index (χ2n) is 5.04. The summed E-state index contributed by atoms with van der Waals surface area (Å²) in [4.78, 5) is 12.1. The van der Waals surface area contributed by atoms with Crippen LogP contribution < -0.4 is 14.8 Å². The SMILES string of the molecule is O=C(Cc1ccc2c(c1)OCCCO2)Nc1ccccc1Cl. The summed E-state index contributed by atoms with van der Waals surface area (Å²) in [5.74, 6) is 1.30. The van der Waals surface area contributed by atoms with Gasteiger partial charge in [-0.1, -0.05) is 29.8 Å². The first-order chi connectivity index (χ1) is 10.7. The van der Waals surface area contributed by atoms with Crippen LogP contribution in [0.15, 0.2) is 42.5 Å². The molecule has 22 heavy (non-hydrogen) atoms. The Bertz CT molecular complexity index is 687. The topological polar surface area (TPSA) is 47.6 Å². The summed E-state index contributed by atoms with van der Waals surface area (Å²) in [6.45, 7) is 1.28. The number of amides is 1. The quantitative estimate of drug-likeness (QED) is 0.939. The zero-order chi connectivity index (χ0) is 15.4. The Hall–Kier alpha value is -2.20. The van der Waals surface area contributed by atoms with Gasteiger partial charge in [0, 0.05) is 6.42 Å². The van der Waals surface area contributed by atoms with Gasteiger partial charge in [0.15, 0.2) is 11.5 Å². The summed E-state index contributed by atoms with van der Waals surface area (Å²) in [5.41, 5.74) is 1.48. The summed E-state index contributed by atoms with van der Waals surface area (Å²) < 4.78 is 11.2. The minimum atomic E-state index is -0.123. The van der Waals surface area contributed by atoms with Crippen molar-refractivity contribution >= 4 is 23.2 Å². The van der Waals surface area contributed by atoms with Crippen molar-refractivity contribution in [3.05, 3.63) is 53.1 Å². The number of ether oxygens (including phenoxy) is 2. The highest BCUT2D eigenvalue weighted by molar-refractivity contribution is 6.33. The first-order valence-electron chi connectivity index (χ1n) is 7.15. The summed E-state index contributed by atoms with van der Waals surface area (Å²) >= 11 is 6.03. The molecule has 0 aliphatic carbocycles. The minimum Gasteiger partial charge on any atom is -0.490 e. The van der Waals surface area contributed by atoms with Crippen molar-refractivity contribution in [1.82, 2.24) is 0 Å². The molecular weight excluding hydrogens is 302 g/mol. The Kier molecular flexibility index (Phi) is 4.49. The van der Waals surface area contributed by atoms with Gasteiger partial charge in [-0.3, -0.25) is 4.79 Å². The number of halogens is 1. The maximum atomic E-state index is 12.1. The molecule has 0 unspecified atom stereocenters. The molecule has 0 saturated carbocycles. The second kappa shape index (κ2) is 6.71. The van der Waals surface area contributed by atoms with Crippen LogP contribution in [0.5, 0.6) is 11.5 Å². The molecule has 5 heteroatoms. The Balaban J connectivity index is 1.69. The fraction of sp³-hybridized carbons (Fsp3) is 0.235. The number of rotatable bonds is 3. The third-order valence-corrected chi connectivity index (χ3v) is 3.65. The highest BCUT2D eigenvalue weighted by Crippen LogP contribution is 2.30. The van der Waals surface area contributed by atoms with Crippen LogP contribution in [0, 0.1) is 0 Å².